The van der Waals surface area contributed by atoms with E-state index in [2.05, 4.69) is 21.2 Å². The van der Waals surface area contributed by atoms with Crippen LogP contribution in [0.3, 0.4) is 0 Å². The van der Waals surface area contributed by atoms with Gasteiger partial charge >= 0.3 is 0 Å². The van der Waals surface area contributed by atoms with E-state index in [1.165, 1.54) is 0 Å². The van der Waals surface area contributed by atoms with E-state index in [1.807, 2.05) is 69.3 Å². The summed E-state index contributed by atoms with van der Waals surface area (Å²) in [5, 5.41) is 2.99. The average molecular weight is 445 g/mol. The molecule has 2 aromatic rings. The van der Waals surface area contributed by atoms with Gasteiger partial charge in [-0.3, -0.25) is 9.59 Å². The number of hydrogen-bond acceptors (Lipinski definition) is 2. The number of nitrogens with zero attached hydrogens (tertiary/aromatic N) is 1. The molecule has 1 N–H and O–H groups in total. The molecular weight excluding hydrogens is 416 g/mol. The fourth-order valence-electron chi connectivity index (χ4n) is 2.82. The Morgan fingerprint density at radius 1 is 1.00 bits per heavy atom. The Hall–Kier alpha value is -2.14. The smallest absolute Gasteiger partial charge is 0.242 e. The molecule has 0 spiro atoms. The summed E-state index contributed by atoms with van der Waals surface area (Å²) in [7, 11) is 0. The van der Waals surface area contributed by atoms with Crippen LogP contribution in [0.15, 0.2) is 53.0 Å². The number of rotatable bonds is 8. The van der Waals surface area contributed by atoms with Crippen molar-refractivity contribution in [2.45, 2.75) is 59.2 Å². The van der Waals surface area contributed by atoms with E-state index >= 15 is 0 Å². The van der Waals surface area contributed by atoms with Gasteiger partial charge < -0.3 is 10.2 Å². The summed E-state index contributed by atoms with van der Waals surface area (Å²) in [5.74, 6) is -0.178. The van der Waals surface area contributed by atoms with Crippen LogP contribution in [-0.2, 0) is 22.6 Å². The van der Waals surface area contributed by atoms with Gasteiger partial charge in [0.05, 0.1) is 6.42 Å². The van der Waals surface area contributed by atoms with Crippen LogP contribution in [0.2, 0.25) is 0 Å². The second-order valence-corrected chi connectivity index (χ2v) is 8.22. The molecule has 2 aromatic carbocycles. The molecule has 0 fully saturated rings. The minimum absolute atomic E-state index is 0.0569. The lowest BCUT2D eigenvalue weighted by Gasteiger charge is -2.30. The summed E-state index contributed by atoms with van der Waals surface area (Å²) in [6, 6.07) is 15.3. The van der Waals surface area contributed by atoms with Gasteiger partial charge in [-0.15, -0.1) is 0 Å². The number of aryl methyl sites for hydroxylation is 1. The minimum atomic E-state index is -0.546. The van der Waals surface area contributed by atoms with Crippen LogP contribution >= 0.6 is 15.9 Å². The maximum atomic E-state index is 13.1. The Morgan fingerprint density at radius 2 is 1.57 bits per heavy atom. The summed E-state index contributed by atoms with van der Waals surface area (Å²) in [6.45, 7) is 8.21. The molecule has 150 valence electrons. The molecule has 2 rings (SSSR count). The largest absolute Gasteiger partial charge is 0.352 e. The van der Waals surface area contributed by atoms with Gasteiger partial charge in [0.25, 0.3) is 0 Å². The lowest BCUT2D eigenvalue weighted by molar-refractivity contribution is -0.140. The molecule has 4 nitrogen and oxygen atoms in total. The van der Waals surface area contributed by atoms with Gasteiger partial charge in [-0.05, 0) is 50.5 Å². The summed E-state index contributed by atoms with van der Waals surface area (Å²) < 4.78 is 0.983. The number of benzene rings is 2. The zero-order valence-electron chi connectivity index (χ0n) is 17.0. The van der Waals surface area contributed by atoms with Crippen molar-refractivity contribution >= 4 is 27.7 Å². The van der Waals surface area contributed by atoms with Crippen LogP contribution in [0.25, 0.3) is 0 Å². The zero-order chi connectivity index (χ0) is 20.7. The van der Waals surface area contributed by atoms with Crippen LogP contribution in [0.4, 0.5) is 0 Å². The number of halogens is 1. The summed E-state index contributed by atoms with van der Waals surface area (Å²) in [6.07, 6.45) is 1.13. The number of carbonyl (C=O) groups excluding carboxylic acids is 2. The van der Waals surface area contributed by atoms with Crippen LogP contribution in [-0.4, -0.2) is 28.8 Å². The molecule has 28 heavy (non-hydrogen) atoms. The lowest BCUT2D eigenvalue weighted by Crippen LogP contribution is -2.49. The minimum Gasteiger partial charge on any atom is -0.352 e. The molecule has 0 aromatic heterocycles. The monoisotopic (exact) mass is 444 g/mol. The van der Waals surface area contributed by atoms with Gasteiger partial charge in [0.1, 0.15) is 6.04 Å². The van der Waals surface area contributed by atoms with Gasteiger partial charge in [-0.2, -0.15) is 0 Å². The second-order valence-electron chi connectivity index (χ2n) is 7.30. The lowest BCUT2D eigenvalue weighted by atomic mass is 10.1. The summed E-state index contributed by atoms with van der Waals surface area (Å²) in [4.78, 5) is 27.5. The van der Waals surface area contributed by atoms with Crippen molar-refractivity contribution in [2.24, 2.45) is 0 Å². The molecule has 0 heterocycles. The van der Waals surface area contributed by atoms with E-state index in [0.29, 0.717) is 6.54 Å². The fraction of sp³-hybridized carbons (Fsp3) is 0.391. The first-order chi connectivity index (χ1) is 13.3. The van der Waals surface area contributed by atoms with Gasteiger partial charge in [0.15, 0.2) is 0 Å². The molecule has 0 radical (unpaired) electrons. The number of carbonyl (C=O) groups is 2. The number of nitrogens with one attached hydrogen (secondary N) is 1. The van der Waals surface area contributed by atoms with E-state index in [4.69, 9.17) is 0 Å². The van der Waals surface area contributed by atoms with Crippen molar-refractivity contribution in [1.29, 1.82) is 0 Å². The first-order valence-corrected chi connectivity index (χ1v) is 10.5. The van der Waals surface area contributed by atoms with Crippen molar-refractivity contribution in [2.75, 3.05) is 0 Å². The molecule has 0 bridgehead atoms. The maximum Gasteiger partial charge on any atom is 0.242 e. The molecule has 5 heteroatoms. The number of amides is 2. The Bertz CT molecular complexity index is 787. The Morgan fingerprint density at radius 3 is 2.14 bits per heavy atom. The quantitative estimate of drug-likeness (QED) is 0.644. The average Bonchev–Trinajstić information content (AvgIpc) is 2.68. The van der Waals surface area contributed by atoms with Crippen LogP contribution in [0.1, 0.15) is 43.9 Å². The molecule has 0 saturated heterocycles. The number of hydrogen-bond donors (Lipinski definition) is 1. The topological polar surface area (TPSA) is 49.4 Å². The normalized spacial score (nSPS) is 12.9. The van der Waals surface area contributed by atoms with Crippen LogP contribution in [0, 0.1) is 6.92 Å². The SMILES string of the molecule is CC[C@H](C)NC(=O)[C@@H](C)N(Cc1ccc(Br)cc1)C(=O)Cc1ccc(C)cc1. The first kappa shape index (κ1) is 22.2. The fourth-order valence-corrected chi connectivity index (χ4v) is 3.08. The highest BCUT2D eigenvalue weighted by Crippen LogP contribution is 2.16. The Labute approximate surface area is 176 Å². The highest BCUT2D eigenvalue weighted by Gasteiger charge is 2.26. The summed E-state index contributed by atoms with van der Waals surface area (Å²) in [5.41, 5.74) is 3.10. The predicted octanol–water partition coefficient (Wildman–Crippen LogP) is 4.63. The van der Waals surface area contributed by atoms with E-state index in [0.717, 1.165) is 27.6 Å². The molecule has 0 aliphatic carbocycles. The van der Waals surface area contributed by atoms with Crippen molar-refractivity contribution in [3.8, 4) is 0 Å². The third-order valence-electron chi connectivity index (χ3n) is 4.91. The van der Waals surface area contributed by atoms with E-state index < -0.39 is 6.04 Å². The van der Waals surface area contributed by atoms with Gasteiger partial charge in [-0.25, -0.2) is 0 Å². The molecule has 0 aliphatic rings. The van der Waals surface area contributed by atoms with Crippen LogP contribution in [0.5, 0.6) is 0 Å². The Kier molecular flexibility index (Phi) is 8.24. The predicted molar refractivity (Wildman–Crippen MR) is 117 cm³/mol. The standard InChI is InChI=1S/C23H29BrN2O2/c1-5-17(3)25-23(28)18(4)26(15-20-10-12-21(24)13-11-20)22(27)14-19-8-6-16(2)7-9-19/h6-13,17-18H,5,14-15H2,1-4H3,(H,25,28)/t17-,18+/m0/s1. The van der Waals surface area contributed by atoms with Crippen molar-refractivity contribution < 1.29 is 9.59 Å². The summed E-state index contributed by atoms with van der Waals surface area (Å²) >= 11 is 3.43. The molecule has 0 saturated carbocycles. The Balaban J connectivity index is 2.20. The third kappa shape index (κ3) is 6.48. The molecule has 0 unspecified atom stereocenters. The van der Waals surface area contributed by atoms with Crippen molar-refractivity contribution in [3.63, 3.8) is 0 Å². The van der Waals surface area contributed by atoms with E-state index in [9.17, 15) is 9.59 Å². The molecular formula is C23H29BrN2O2. The second kappa shape index (κ2) is 10.4. The maximum absolute atomic E-state index is 13.1. The molecule has 2 atom stereocenters. The van der Waals surface area contributed by atoms with Crippen molar-refractivity contribution in [1.82, 2.24) is 10.2 Å². The van der Waals surface area contributed by atoms with Gasteiger partial charge in [0, 0.05) is 17.1 Å². The third-order valence-corrected chi connectivity index (χ3v) is 5.44. The van der Waals surface area contributed by atoms with Crippen LogP contribution < -0.4 is 5.32 Å². The van der Waals surface area contributed by atoms with Gasteiger partial charge in [-0.1, -0.05) is 64.8 Å². The highest BCUT2D eigenvalue weighted by molar-refractivity contribution is 9.10. The first-order valence-electron chi connectivity index (χ1n) is 9.70. The molecule has 0 aliphatic heterocycles. The van der Waals surface area contributed by atoms with E-state index in [-0.39, 0.29) is 24.3 Å². The molecule has 2 amide bonds. The van der Waals surface area contributed by atoms with Crippen molar-refractivity contribution in [3.05, 3.63) is 69.7 Å². The zero-order valence-corrected chi connectivity index (χ0v) is 18.6. The van der Waals surface area contributed by atoms with E-state index in [1.54, 1.807) is 11.8 Å². The van der Waals surface area contributed by atoms with Gasteiger partial charge in [0.2, 0.25) is 11.8 Å². The highest BCUT2D eigenvalue weighted by atomic mass is 79.9.